The molecule has 1 aliphatic rings. The number of aromatic nitrogens is 2. The van der Waals surface area contributed by atoms with Crippen LogP contribution in [0.15, 0.2) is 0 Å². The summed E-state index contributed by atoms with van der Waals surface area (Å²) in [6.45, 7) is 8.48. The average Bonchev–Trinajstić information content (AvgIpc) is 2.66. The van der Waals surface area contributed by atoms with Gasteiger partial charge in [0.25, 0.3) is 0 Å². The van der Waals surface area contributed by atoms with Gasteiger partial charge in [0.2, 0.25) is 0 Å². The molecule has 0 amide bonds. The van der Waals surface area contributed by atoms with Gasteiger partial charge in [0, 0.05) is 20.1 Å². The summed E-state index contributed by atoms with van der Waals surface area (Å²) in [5.41, 5.74) is 1.45. The highest BCUT2D eigenvalue weighted by molar-refractivity contribution is 5.54. The van der Waals surface area contributed by atoms with Crippen molar-refractivity contribution in [2.24, 2.45) is 13.0 Å². The fourth-order valence-electron chi connectivity index (χ4n) is 2.61. The smallest absolute Gasteiger partial charge is 0.142 e. The molecule has 0 unspecified atom stereocenters. The second-order valence-electron chi connectivity index (χ2n) is 5.50. The maximum Gasteiger partial charge on any atom is 0.142 e. The van der Waals surface area contributed by atoms with Crippen molar-refractivity contribution in [3.05, 3.63) is 11.3 Å². The maximum atomic E-state index is 9.14. The summed E-state index contributed by atoms with van der Waals surface area (Å²) < 4.78 is 1.76. The molecule has 5 nitrogen and oxygen atoms in total. The molecule has 0 aromatic carbocycles. The first-order valence-corrected chi connectivity index (χ1v) is 7.01. The summed E-state index contributed by atoms with van der Waals surface area (Å²) in [5.74, 6) is 1.71. The Balaban J connectivity index is 1.85. The Hall–Kier alpha value is -1.54. The molecule has 5 heteroatoms. The number of piperidine rings is 1. The van der Waals surface area contributed by atoms with E-state index in [9.17, 15) is 0 Å². The zero-order valence-electron chi connectivity index (χ0n) is 12.1. The van der Waals surface area contributed by atoms with Crippen LogP contribution in [0.1, 0.15) is 31.0 Å². The third-order valence-electron chi connectivity index (χ3n) is 3.93. The lowest BCUT2D eigenvalue weighted by molar-refractivity contribution is 0.199. The molecule has 1 saturated heterocycles. The first-order valence-electron chi connectivity index (χ1n) is 7.01. The lowest BCUT2D eigenvalue weighted by Gasteiger charge is -2.30. The molecular weight excluding hydrogens is 238 g/mol. The van der Waals surface area contributed by atoms with E-state index in [1.807, 2.05) is 14.0 Å². The van der Waals surface area contributed by atoms with E-state index in [4.69, 9.17) is 5.26 Å². The largest absolute Gasteiger partial charge is 0.368 e. The highest BCUT2D eigenvalue weighted by Crippen LogP contribution is 2.18. The lowest BCUT2D eigenvalue weighted by Crippen LogP contribution is -2.36. The minimum atomic E-state index is 0.662. The second-order valence-corrected chi connectivity index (χ2v) is 5.50. The maximum absolute atomic E-state index is 9.14. The van der Waals surface area contributed by atoms with Crippen LogP contribution in [0.4, 0.5) is 5.82 Å². The van der Waals surface area contributed by atoms with Crippen molar-refractivity contribution in [2.45, 2.75) is 26.7 Å². The molecule has 1 fully saturated rings. The topological polar surface area (TPSA) is 56.9 Å². The van der Waals surface area contributed by atoms with Crippen molar-refractivity contribution >= 4 is 5.82 Å². The monoisotopic (exact) mass is 261 g/mol. The standard InChI is InChI=1S/C14H23N5/c1-11-4-7-19(8-5-11)9-6-16-14-13(10-15)12(2)17-18(14)3/h11,16H,4-9H2,1-3H3. The number of nitriles is 1. The van der Waals surface area contributed by atoms with Gasteiger partial charge in [0.05, 0.1) is 5.69 Å². The van der Waals surface area contributed by atoms with Gasteiger partial charge in [-0.05, 0) is 38.8 Å². The normalized spacial score (nSPS) is 17.4. The summed E-state index contributed by atoms with van der Waals surface area (Å²) in [4.78, 5) is 2.49. The third kappa shape index (κ3) is 3.27. The summed E-state index contributed by atoms with van der Waals surface area (Å²) >= 11 is 0. The fraction of sp³-hybridized carbons (Fsp3) is 0.714. The Morgan fingerprint density at radius 3 is 2.74 bits per heavy atom. The number of nitrogens with zero attached hydrogens (tertiary/aromatic N) is 4. The predicted molar refractivity (Wildman–Crippen MR) is 76.0 cm³/mol. The quantitative estimate of drug-likeness (QED) is 0.897. The number of hydrogen-bond donors (Lipinski definition) is 1. The van der Waals surface area contributed by atoms with E-state index in [1.54, 1.807) is 4.68 Å². The van der Waals surface area contributed by atoms with E-state index in [-0.39, 0.29) is 0 Å². The Bertz CT molecular complexity index is 463. The molecule has 0 atom stereocenters. The van der Waals surface area contributed by atoms with Crippen LogP contribution in [0.3, 0.4) is 0 Å². The van der Waals surface area contributed by atoms with Gasteiger partial charge in [-0.2, -0.15) is 10.4 Å². The van der Waals surface area contributed by atoms with E-state index in [1.165, 1.54) is 25.9 Å². The van der Waals surface area contributed by atoms with Gasteiger partial charge in [-0.25, -0.2) is 0 Å². The zero-order chi connectivity index (χ0) is 13.8. The minimum Gasteiger partial charge on any atom is -0.368 e. The van der Waals surface area contributed by atoms with Gasteiger partial charge >= 0.3 is 0 Å². The molecule has 1 aromatic rings. The number of hydrogen-bond acceptors (Lipinski definition) is 4. The van der Waals surface area contributed by atoms with Crippen LogP contribution in [-0.2, 0) is 7.05 Å². The minimum absolute atomic E-state index is 0.662. The highest BCUT2D eigenvalue weighted by atomic mass is 15.3. The van der Waals surface area contributed by atoms with E-state index in [0.29, 0.717) is 5.56 Å². The van der Waals surface area contributed by atoms with Crippen molar-refractivity contribution in [2.75, 3.05) is 31.5 Å². The van der Waals surface area contributed by atoms with Crippen molar-refractivity contribution in [1.29, 1.82) is 5.26 Å². The van der Waals surface area contributed by atoms with Crippen LogP contribution in [0, 0.1) is 24.2 Å². The van der Waals surface area contributed by atoms with Crippen molar-refractivity contribution < 1.29 is 0 Å². The van der Waals surface area contributed by atoms with Gasteiger partial charge in [0.1, 0.15) is 17.5 Å². The van der Waals surface area contributed by atoms with Gasteiger partial charge in [-0.15, -0.1) is 0 Å². The number of rotatable bonds is 4. The number of anilines is 1. The first-order chi connectivity index (χ1) is 9.11. The molecule has 0 radical (unpaired) electrons. The Morgan fingerprint density at radius 2 is 2.11 bits per heavy atom. The summed E-state index contributed by atoms with van der Waals surface area (Å²) in [6, 6.07) is 2.22. The second kappa shape index (κ2) is 6.07. The molecule has 0 aliphatic carbocycles. The molecule has 19 heavy (non-hydrogen) atoms. The van der Waals surface area contributed by atoms with Crippen LogP contribution in [0.5, 0.6) is 0 Å². The molecule has 1 N–H and O–H groups in total. The van der Waals surface area contributed by atoms with Gasteiger partial charge in [-0.3, -0.25) is 4.68 Å². The van der Waals surface area contributed by atoms with Crippen molar-refractivity contribution in [3.8, 4) is 6.07 Å². The number of likely N-dealkylation sites (tertiary alicyclic amines) is 1. The van der Waals surface area contributed by atoms with Crippen molar-refractivity contribution in [3.63, 3.8) is 0 Å². The zero-order valence-corrected chi connectivity index (χ0v) is 12.1. The Morgan fingerprint density at radius 1 is 1.42 bits per heavy atom. The van der Waals surface area contributed by atoms with Crippen LogP contribution in [-0.4, -0.2) is 40.9 Å². The SMILES string of the molecule is Cc1nn(C)c(NCCN2CCC(C)CC2)c1C#N. The molecule has 0 saturated carbocycles. The molecule has 104 valence electrons. The predicted octanol–water partition coefficient (Wildman–Crippen LogP) is 1.74. The Kier molecular flexibility index (Phi) is 4.43. The van der Waals surface area contributed by atoms with E-state index in [2.05, 4.69) is 28.3 Å². The number of nitrogens with one attached hydrogen (secondary N) is 1. The van der Waals surface area contributed by atoms with E-state index < -0.39 is 0 Å². The lowest BCUT2D eigenvalue weighted by atomic mass is 9.99. The van der Waals surface area contributed by atoms with E-state index in [0.717, 1.165) is 30.5 Å². The first kappa shape index (κ1) is 13.9. The van der Waals surface area contributed by atoms with Gasteiger partial charge in [0.15, 0.2) is 0 Å². The van der Waals surface area contributed by atoms with Gasteiger partial charge in [-0.1, -0.05) is 6.92 Å². The molecule has 0 spiro atoms. The van der Waals surface area contributed by atoms with Crippen LogP contribution < -0.4 is 5.32 Å². The molecule has 2 heterocycles. The molecule has 1 aliphatic heterocycles. The van der Waals surface area contributed by atoms with Crippen LogP contribution in [0.2, 0.25) is 0 Å². The van der Waals surface area contributed by atoms with Crippen LogP contribution in [0.25, 0.3) is 0 Å². The molecule has 2 rings (SSSR count). The molecule has 1 aromatic heterocycles. The summed E-state index contributed by atoms with van der Waals surface area (Å²) in [6.07, 6.45) is 2.60. The number of aryl methyl sites for hydroxylation is 2. The molecule has 0 bridgehead atoms. The fourth-order valence-corrected chi connectivity index (χ4v) is 2.61. The van der Waals surface area contributed by atoms with Crippen LogP contribution >= 0.6 is 0 Å². The van der Waals surface area contributed by atoms with Crippen molar-refractivity contribution in [1.82, 2.24) is 14.7 Å². The third-order valence-corrected chi connectivity index (χ3v) is 3.93. The highest BCUT2D eigenvalue weighted by Gasteiger charge is 2.16. The summed E-state index contributed by atoms with van der Waals surface area (Å²) in [5, 5.41) is 16.8. The average molecular weight is 261 g/mol. The Labute approximate surface area is 115 Å². The van der Waals surface area contributed by atoms with E-state index >= 15 is 0 Å². The molecular formula is C14H23N5. The van der Waals surface area contributed by atoms with Gasteiger partial charge < -0.3 is 10.2 Å². The summed E-state index contributed by atoms with van der Waals surface area (Å²) in [7, 11) is 1.87.